The first-order valence-corrected chi connectivity index (χ1v) is 7.07. The molecule has 1 fully saturated rings. The predicted molar refractivity (Wildman–Crippen MR) is 75.4 cm³/mol. The molecule has 0 saturated heterocycles. The Labute approximate surface area is 113 Å². The molecule has 19 heavy (non-hydrogen) atoms. The molecular weight excluding hydrogens is 242 g/mol. The molecule has 106 valence electrons. The highest BCUT2D eigenvalue weighted by Crippen LogP contribution is 2.23. The molecule has 1 aromatic heterocycles. The maximum absolute atomic E-state index is 11.7. The van der Waals surface area contributed by atoms with Gasteiger partial charge >= 0.3 is 11.1 Å². The summed E-state index contributed by atoms with van der Waals surface area (Å²) in [5.74, 6) is 0.845. The Hall–Kier alpha value is -1.36. The van der Waals surface area contributed by atoms with Crippen LogP contribution in [0.15, 0.2) is 22.0 Å². The first-order valence-electron chi connectivity index (χ1n) is 7.07. The van der Waals surface area contributed by atoms with Gasteiger partial charge in [0.05, 0.1) is 0 Å². The molecule has 1 aliphatic rings. The topological polar surface area (TPSA) is 56.0 Å². The fourth-order valence-electron chi connectivity index (χ4n) is 2.62. The van der Waals surface area contributed by atoms with E-state index in [1.165, 1.54) is 34.8 Å². The molecule has 5 nitrogen and oxygen atoms in total. The van der Waals surface area contributed by atoms with E-state index in [1.807, 2.05) is 0 Å². The third-order valence-corrected chi connectivity index (χ3v) is 4.04. The van der Waals surface area contributed by atoms with Gasteiger partial charge < -0.3 is 14.5 Å². The highest BCUT2D eigenvalue weighted by Gasteiger charge is 2.17. The van der Waals surface area contributed by atoms with Crippen LogP contribution in [-0.4, -0.2) is 21.7 Å². The van der Waals surface area contributed by atoms with Crippen molar-refractivity contribution in [1.29, 1.82) is 0 Å². The van der Waals surface area contributed by atoms with Crippen molar-refractivity contribution in [2.75, 3.05) is 6.54 Å². The standard InChI is InChI=1S/C14H23N3O2/c1-11-3-5-12(6-4-11)15-7-8-17-10-9-16(2)13(18)14(17)19/h9-12,15H,3-8H2,1-2H3. The van der Waals surface area contributed by atoms with Crippen LogP contribution in [0.2, 0.25) is 0 Å². The zero-order valence-electron chi connectivity index (χ0n) is 11.8. The zero-order valence-corrected chi connectivity index (χ0v) is 11.8. The molecule has 0 aliphatic heterocycles. The monoisotopic (exact) mass is 265 g/mol. The number of aromatic nitrogens is 2. The van der Waals surface area contributed by atoms with Gasteiger partial charge in [0, 0.05) is 38.6 Å². The summed E-state index contributed by atoms with van der Waals surface area (Å²) < 4.78 is 2.80. The van der Waals surface area contributed by atoms with Crippen molar-refractivity contribution in [3.63, 3.8) is 0 Å². The minimum atomic E-state index is -0.464. The van der Waals surface area contributed by atoms with Gasteiger partial charge in [0.1, 0.15) is 0 Å². The van der Waals surface area contributed by atoms with Gasteiger partial charge in [0.2, 0.25) is 0 Å². The largest absolute Gasteiger partial charge is 0.316 e. The molecule has 0 bridgehead atoms. The van der Waals surface area contributed by atoms with E-state index in [0.29, 0.717) is 12.6 Å². The van der Waals surface area contributed by atoms with Crippen molar-refractivity contribution in [3.05, 3.63) is 33.1 Å². The molecule has 1 aliphatic carbocycles. The summed E-state index contributed by atoms with van der Waals surface area (Å²) in [6.07, 6.45) is 8.30. The van der Waals surface area contributed by atoms with Crippen LogP contribution in [0.3, 0.4) is 0 Å². The fourth-order valence-corrected chi connectivity index (χ4v) is 2.62. The molecule has 0 amide bonds. The summed E-state index contributed by atoms with van der Waals surface area (Å²) in [6.45, 7) is 3.60. The van der Waals surface area contributed by atoms with E-state index in [9.17, 15) is 9.59 Å². The van der Waals surface area contributed by atoms with Crippen LogP contribution in [0, 0.1) is 5.92 Å². The minimum absolute atomic E-state index is 0.441. The van der Waals surface area contributed by atoms with E-state index in [-0.39, 0.29) is 0 Å². The zero-order chi connectivity index (χ0) is 13.8. The first kappa shape index (κ1) is 14.1. The number of nitrogens with zero attached hydrogens (tertiary/aromatic N) is 2. The lowest BCUT2D eigenvalue weighted by Crippen LogP contribution is -2.42. The fraction of sp³-hybridized carbons (Fsp3) is 0.714. The van der Waals surface area contributed by atoms with Crippen molar-refractivity contribution >= 4 is 0 Å². The average molecular weight is 265 g/mol. The molecule has 5 heteroatoms. The molecule has 0 unspecified atom stereocenters. The quantitative estimate of drug-likeness (QED) is 0.816. The van der Waals surface area contributed by atoms with Gasteiger partial charge in [-0.1, -0.05) is 6.92 Å². The summed E-state index contributed by atoms with van der Waals surface area (Å²) in [4.78, 5) is 23.2. The Kier molecular flexibility index (Phi) is 4.58. The summed E-state index contributed by atoms with van der Waals surface area (Å²) >= 11 is 0. The molecule has 0 atom stereocenters. The van der Waals surface area contributed by atoms with Crippen molar-refractivity contribution in [3.8, 4) is 0 Å². The average Bonchev–Trinajstić information content (AvgIpc) is 2.41. The Morgan fingerprint density at radius 1 is 1.16 bits per heavy atom. The summed E-state index contributed by atoms with van der Waals surface area (Å²) in [7, 11) is 1.59. The number of nitrogens with one attached hydrogen (secondary N) is 1. The molecule has 1 aromatic rings. The molecule has 2 rings (SSSR count). The van der Waals surface area contributed by atoms with E-state index in [1.54, 1.807) is 19.4 Å². The van der Waals surface area contributed by atoms with Crippen LogP contribution in [0.1, 0.15) is 32.6 Å². The predicted octanol–water partition coefficient (Wildman–Crippen LogP) is 0.715. The summed E-state index contributed by atoms with van der Waals surface area (Å²) in [5, 5.41) is 3.48. The van der Waals surface area contributed by atoms with Crippen molar-refractivity contribution < 1.29 is 0 Å². The van der Waals surface area contributed by atoms with E-state index in [0.717, 1.165) is 12.5 Å². The molecule has 0 radical (unpaired) electrons. The molecule has 1 N–H and O–H groups in total. The number of hydrogen-bond donors (Lipinski definition) is 1. The minimum Gasteiger partial charge on any atom is -0.312 e. The van der Waals surface area contributed by atoms with Crippen molar-refractivity contribution in [2.45, 2.75) is 45.2 Å². The molecule has 0 aromatic carbocycles. The second-order valence-corrected chi connectivity index (χ2v) is 5.62. The highest BCUT2D eigenvalue weighted by molar-refractivity contribution is 4.85. The van der Waals surface area contributed by atoms with Crippen LogP contribution in [0.4, 0.5) is 0 Å². The van der Waals surface area contributed by atoms with Crippen LogP contribution >= 0.6 is 0 Å². The van der Waals surface area contributed by atoms with E-state index in [2.05, 4.69) is 12.2 Å². The van der Waals surface area contributed by atoms with Gasteiger partial charge in [-0.25, -0.2) is 0 Å². The maximum Gasteiger partial charge on any atom is 0.316 e. The third kappa shape index (κ3) is 3.56. The number of hydrogen-bond acceptors (Lipinski definition) is 3. The van der Waals surface area contributed by atoms with Gasteiger partial charge in [0.25, 0.3) is 0 Å². The van der Waals surface area contributed by atoms with Gasteiger partial charge in [0.15, 0.2) is 0 Å². The van der Waals surface area contributed by atoms with Crippen LogP contribution in [0.5, 0.6) is 0 Å². The maximum atomic E-state index is 11.7. The van der Waals surface area contributed by atoms with Gasteiger partial charge in [-0.3, -0.25) is 9.59 Å². The highest BCUT2D eigenvalue weighted by atomic mass is 16.2. The smallest absolute Gasteiger partial charge is 0.312 e. The first-order chi connectivity index (χ1) is 9.08. The number of aryl methyl sites for hydroxylation is 1. The van der Waals surface area contributed by atoms with Crippen LogP contribution in [0.25, 0.3) is 0 Å². The van der Waals surface area contributed by atoms with Gasteiger partial charge in [-0.05, 0) is 31.6 Å². The third-order valence-electron chi connectivity index (χ3n) is 4.04. The number of rotatable bonds is 4. The van der Waals surface area contributed by atoms with Crippen molar-refractivity contribution in [2.24, 2.45) is 13.0 Å². The van der Waals surface area contributed by atoms with Gasteiger partial charge in [-0.2, -0.15) is 0 Å². The normalized spacial score (nSPS) is 23.5. The summed E-state index contributed by atoms with van der Waals surface area (Å²) in [6, 6.07) is 0.568. The molecule has 1 saturated carbocycles. The van der Waals surface area contributed by atoms with Crippen molar-refractivity contribution in [1.82, 2.24) is 14.5 Å². The molecular formula is C14H23N3O2. The van der Waals surface area contributed by atoms with E-state index < -0.39 is 11.1 Å². The van der Waals surface area contributed by atoms with E-state index in [4.69, 9.17) is 0 Å². The molecule has 0 spiro atoms. The second kappa shape index (κ2) is 6.19. The van der Waals surface area contributed by atoms with E-state index >= 15 is 0 Å². The second-order valence-electron chi connectivity index (χ2n) is 5.62. The Morgan fingerprint density at radius 3 is 2.53 bits per heavy atom. The summed E-state index contributed by atoms with van der Waals surface area (Å²) in [5.41, 5.74) is -0.905. The molecule has 1 heterocycles. The lowest BCUT2D eigenvalue weighted by Gasteiger charge is -2.27. The Bertz CT molecular complexity index is 524. The van der Waals surface area contributed by atoms with Crippen LogP contribution < -0.4 is 16.4 Å². The lowest BCUT2D eigenvalue weighted by atomic mass is 9.87. The Morgan fingerprint density at radius 2 is 1.84 bits per heavy atom. The Balaban J connectivity index is 1.85. The lowest BCUT2D eigenvalue weighted by molar-refractivity contribution is 0.305. The SMILES string of the molecule is CC1CCC(NCCn2ccn(C)c(=O)c2=O)CC1. The van der Waals surface area contributed by atoms with Crippen LogP contribution in [-0.2, 0) is 13.6 Å². The van der Waals surface area contributed by atoms with Gasteiger partial charge in [-0.15, -0.1) is 0 Å².